The molecule has 0 atom stereocenters. The molecule has 1 heterocycles. The molecule has 0 saturated carbocycles. The van der Waals surface area contributed by atoms with E-state index >= 15 is 0 Å². The smallest absolute Gasteiger partial charge is 0.416 e. The zero-order valence-corrected chi connectivity index (χ0v) is 17.0. The molecule has 28 heavy (non-hydrogen) atoms. The molecule has 2 rings (SSSR count). The summed E-state index contributed by atoms with van der Waals surface area (Å²) in [4.78, 5) is 11.7. The second kappa shape index (κ2) is 8.27. The SMILES string of the molecule is CCOC(=O)C(Br)=C(Br)n1cc(-c2cc(C(F)(F)F)cc(C(F)(F)F)c2)cn1. The van der Waals surface area contributed by atoms with Crippen molar-refractivity contribution in [2.75, 3.05) is 6.61 Å². The molecule has 0 aliphatic carbocycles. The number of rotatable bonds is 4. The number of nitrogens with zero attached hydrogens (tertiary/aromatic N) is 2. The Morgan fingerprint density at radius 3 is 2.04 bits per heavy atom. The number of carbonyl (C=O) groups is 1. The summed E-state index contributed by atoms with van der Waals surface area (Å²) < 4.78 is 83.8. The van der Waals surface area contributed by atoms with Crippen molar-refractivity contribution in [1.29, 1.82) is 0 Å². The average molecular weight is 536 g/mol. The summed E-state index contributed by atoms with van der Waals surface area (Å²) in [6.07, 6.45) is -7.68. The first-order chi connectivity index (χ1) is 12.8. The number of halogens is 8. The van der Waals surface area contributed by atoms with Crippen molar-refractivity contribution in [3.8, 4) is 11.1 Å². The second-order valence-corrected chi connectivity index (χ2v) is 6.84. The van der Waals surface area contributed by atoms with Crippen molar-refractivity contribution >= 4 is 42.4 Å². The molecule has 0 bridgehead atoms. The largest absolute Gasteiger partial charge is 0.462 e. The Balaban J connectivity index is 2.53. The molecule has 0 radical (unpaired) electrons. The van der Waals surface area contributed by atoms with E-state index in [1.54, 1.807) is 6.92 Å². The third-order valence-corrected chi connectivity index (χ3v) is 5.33. The Labute approximate surface area is 171 Å². The number of alkyl halides is 6. The fraction of sp³-hybridized carbons (Fsp3) is 0.250. The number of aromatic nitrogens is 2. The second-order valence-electron chi connectivity index (χ2n) is 5.29. The predicted octanol–water partition coefficient (Wildman–Crippen LogP) is 6.07. The van der Waals surface area contributed by atoms with E-state index in [9.17, 15) is 31.1 Å². The van der Waals surface area contributed by atoms with E-state index in [0.29, 0.717) is 12.1 Å². The van der Waals surface area contributed by atoms with Crippen LogP contribution < -0.4 is 0 Å². The van der Waals surface area contributed by atoms with E-state index in [1.807, 2.05) is 0 Å². The minimum absolute atomic E-state index is 0.0160. The van der Waals surface area contributed by atoms with Gasteiger partial charge in [0.15, 0.2) is 0 Å². The highest BCUT2D eigenvalue weighted by Gasteiger charge is 2.37. The van der Waals surface area contributed by atoms with Crippen LogP contribution in [0, 0.1) is 0 Å². The van der Waals surface area contributed by atoms with Crippen LogP contribution >= 0.6 is 31.9 Å². The maximum Gasteiger partial charge on any atom is 0.416 e. The highest BCUT2D eigenvalue weighted by Crippen LogP contribution is 2.38. The third-order valence-electron chi connectivity index (χ3n) is 3.34. The summed E-state index contributed by atoms with van der Waals surface area (Å²) in [5, 5.41) is 3.85. The molecule has 0 spiro atoms. The summed E-state index contributed by atoms with van der Waals surface area (Å²) in [7, 11) is 0. The minimum Gasteiger partial charge on any atom is -0.462 e. The molecule has 152 valence electrons. The summed E-state index contributed by atoms with van der Waals surface area (Å²) in [6, 6.07) is 1.23. The van der Waals surface area contributed by atoms with E-state index in [-0.39, 0.29) is 32.9 Å². The first kappa shape index (κ1) is 22.5. The van der Waals surface area contributed by atoms with Crippen LogP contribution in [-0.4, -0.2) is 22.4 Å². The Kier molecular flexibility index (Phi) is 6.64. The molecule has 0 aliphatic rings. The van der Waals surface area contributed by atoms with Gasteiger partial charge in [-0.25, -0.2) is 9.48 Å². The van der Waals surface area contributed by atoms with Gasteiger partial charge in [0.2, 0.25) is 0 Å². The van der Waals surface area contributed by atoms with Crippen molar-refractivity contribution in [3.63, 3.8) is 0 Å². The van der Waals surface area contributed by atoms with Crippen LogP contribution in [0.4, 0.5) is 26.3 Å². The lowest BCUT2D eigenvalue weighted by atomic mass is 10.0. The van der Waals surface area contributed by atoms with Gasteiger partial charge in [0.25, 0.3) is 0 Å². The molecule has 2 aromatic rings. The number of esters is 1. The fourth-order valence-corrected chi connectivity index (χ4v) is 2.73. The van der Waals surface area contributed by atoms with Crippen molar-refractivity contribution in [2.24, 2.45) is 0 Å². The molecule has 0 fully saturated rings. The van der Waals surface area contributed by atoms with Crippen molar-refractivity contribution < 1.29 is 35.9 Å². The van der Waals surface area contributed by atoms with Crippen LogP contribution in [-0.2, 0) is 21.9 Å². The van der Waals surface area contributed by atoms with Crippen LogP contribution in [0.25, 0.3) is 15.7 Å². The molecule has 0 aliphatic heterocycles. The fourth-order valence-electron chi connectivity index (χ4n) is 2.08. The van der Waals surface area contributed by atoms with Gasteiger partial charge in [0.1, 0.15) is 9.09 Å². The quantitative estimate of drug-likeness (QED) is 0.271. The van der Waals surface area contributed by atoms with Crippen LogP contribution in [0.15, 0.2) is 35.1 Å². The first-order valence-corrected chi connectivity index (χ1v) is 9.00. The topological polar surface area (TPSA) is 44.1 Å². The van der Waals surface area contributed by atoms with E-state index in [2.05, 4.69) is 37.0 Å². The summed E-state index contributed by atoms with van der Waals surface area (Å²) in [6.45, 7) is 1.69. The number of carbonyl (C=O) groups excluding carboxylic acids is 1. The van der Waals surface area contributed by atoms with Crippen LogP contribution in [0.1, 0.15) is 18.1 Å². The predicted molar refractivity (Wildman–Crippen MR) is 95.4 cm³/mol. The van der Waals surface area contributed by atoms with Gasteiger partial charge in [-0.15, -0.1) is 0 Å². The van der Waals surface area contributed by atoms with Gasteiger partial charge >= 0.3 is 18.3 Å². The molecular formula is C16H10Br2F6N2O2. The van der Waals surface area contributed by atoms with Crippen molar-refractivity contribution in [2.45, 2.75) is 19.3 Å². The lowest BCUT2D eigenvalue weighted by molar-refractivity contribution is -0.143. The molecular weight excluding hydrogens is 526 g/mol. The van der Waals surface area contributed by atoms with E-state index in [1.165, 1.54) is 6.20 Å². The maximum atomic E-state index is 13.0. The lowest BCUT2D eigenvalue weighted by Crippen LogP contribution is -2.11. The molecule has 4 nitrogen and oxygen atoms in total. The molecule has 0 saturated heterocycles. The highest BCUT2D eigenvalue weighted by molar-refractivity contribution is 9.16. The Bertz CT molecular complexity index is 886. The van der Waals surface area contributed by atoms with Gasteiger partial charge in [0, 0.05) is 11.8 Å². The first-order valence-electron chi connectivity index (χ1n) is 7.42. The van der Waals surface area contributed by atoms with Crippen LogP contribution in [0.5, 0.6) is 0 Å². The standard InChI is InChI=1S/C16H10Br2F6N2O2/c1-2-28-14(27)12(17)13(18)26-7-9(6-25-26)8-3-10(15(19,20)21)5-11(4-8)16(22,23)24/h3-7H,2H2,1H3. The molecule has 0 amide bonds. The zero-order valence-electron chi connectivity index (χ0n) is 13.8. The monoisotopic (exact) mass is 534 g/mol. The number of hydrogen-bond acceptors (Lipinski definition) is 3. The maximum absolute atomic E-state index is 13.0. The van der Waals surface area contributed by atoms with Crippen molar-refractivity contribution in [1.82, 2.24) is 9.78 Å². The van der Waals surface area contributed by atoms with Gasteiger partial charge in [-0.05, 0) is 62.5 Å². The molecule has 12 heteroatoms. The Hall–Kier alpha value is -1.82. The van der Waals surface area contributed by atoms with Crippen LogP contribution in [0.3, 0.4) is 0 Å². The minimum atomic E-state index is -4.96. The van der Waals surface area contributed by atoms with Gasteiger partial charge in [-0.1, -0.05) is 0 Å². The molecule has 0 unspecified atom stereocenters. The molecule has 0 N–H and O–H groups in total. The summed E-state index contributed by atoms with van der Waals surface area (Å²) in [5.74, 6) is -0.732. The Morgan fingerprint density at radius 2 is 1.57 bits per heavy atom. The lowest BCUT2D eigenvalue weighted by Gasteiger charge is -2.13. The van der Waals surface area contributed by atoms with Gasteiger partial charge in [-0.2, -0.15) is 31.4 Å². The molecule has 1 aromatic carbocycles. The van der Waals surface area contributed by atoms with Gasteiger partial charge in [0.05, 0.1) is 23.9 Å². The number of hydrogen-bond donors (Lipinski definition) is 0. The highest BCUT2D eigenvalue weighted by atomic mass is 79.9. The van der Waals surface area contributed by atoms with Gasteiger partial charge in [-0.3, -0.25) is 0 Å². The Morgan fingerprint density at radius 1 is 1.04 bits per heavy atom. The van der Waals surface area contributed by atoms with Crippen LogP contribution in [0.2, 0.25) is 0 Å². The summed E-state index contributed by atoms with van der Waals surface area (Å²) in [5.41, 5.74) is -3.22. The normalized spacial score (nSPS) is 13.3. The van der Waals surface area contributed by atoms with E-state index in [4.69, 9.17) is 4.74 Å². The zero-order chi connectivity index (χ0) is 21.3. The van der Waals surface area contributed by atoms with Gasteiger partial charge < -0.3 is 4.74 Å². The number of benzene rings is 1. The summed E-state index contributed by atoms with van der Waals surface area (Å²) >= 11 is 6.06. The van der Waals surface area contributed by atoms with E-state index < -0.39 is 29.4 Å². The third kappa shape index (κ3) is 5.16. The van der Waals surface area contributed by atoms with E-state index in [0.717, 1.165) is 10.9 Å². The van der Waals surface area contributed by atoms with Crippen molar-refractivity contribution in [3.05, 3.63) is 46.2 Å². The molecule has 1 aromatic heterocycles. The average Bonchev–Trinajstić information content (AvgIpc) is 3.08. The number of ether oxygens (including phenoxy) is 1.